The SMILES string of the molecule is COc1ccc2c(c1)Cc1sc(N=Cc3ccc(Cl)cc3Cl)nc1-2. The molecule has 0 fully saturated rings. The van der Waals surface area contributed by atoms with E-state index in [9.17, 15) is 0 Å². The van der Waals surface area contributed by atoms with Crippen LogP contribution in [0.1, 0.15) is 16.0 Å². The summed E-state index contributed by atoms with van der Waals surface area (Å²) in [5.74, 6) is 0.875. The number of nitrogens with zero attached hydrogens (tertiary/aromatic N) is 2. The lowest BCUT2D eigenvalue weighted by atomic mass is 10.1. The predicted octanol–water partition coefficient (Wildman–Crippen LogP) is 5.78. The molecule has 3 aromatic rings. The Morgan fingerprint density at radius 3 is 2.88 bits per heavy atom. The van der Waals surface area contributed by atoms with E-state index in [1.54, 1.807) is 36.8 Å². The maximum Gasteiger partial charge on any atom is 0.209 e. The van der Waals surface area contributed by atoms with Crippen LogP contribution in [0.4, 0.5) is 5.13 Å². The number of hydrogen-bond acceptors (Lipinski definition) is 4. The molecule has 1 aliphatic rings. The summed E-state index contributed by atoms with van der Waals surface area (Å²) >= 11 is 13.7. The second kappa shape index (κ2) is 6.20. The van der Waals surface area contributed by atoms with Gasteiger partial charge >= 0.3 is 0 Å². The predicted molar refractivity (Wildman–Crippen MR) is 101 cm³/mol. The first-order valence-electron chi connectivity index (χ1n) is 7.30. The van der Waals surface area contributed by atoms with E-state index in [0.29, 0.717) is 10.0 Å². The lowest BCUT2D eigenvalue weighted by molar-refractivity contribution is 0.414. The van der Waals surface area contributed by atoms with Crippen molar-refractivity contribution >= 4 is 45.9 Å². The van der Waals surface area contributed by atoms with Crippen LogP contribution in [0.5, 0.6) is 5.75 Å². The second-order valence-electron chi connectivity index (χ2n) is 5.39. The Bertz CT molecular complexity index is 966. The standard InChI is InChI=1S/C18H12Cl2N2OS/c1-23-13-4-5-14-11(6-13)7-16-17(14)22-18(24-16)21-9-10-2-3-12(19)8-15(10)20/h2-6,8-9H,7H2,1H3. The minimum absolute atomic E-state index is 0.577. The molecule has 1 heterocycles. The largest absolute Gasteiger partial charge is 0.497 e. The molecule has 1 aliphatic carbocycles. The molecule has 0 atom stereocenters. The number of rotatable bonds is 3. The first-order chi connectivity index (χ1) is 11.6. The van der Waals surface area contributed by atoms with Crippen molar-refractivity contribution < 1.29 is 4.74 Å². The number of benzene rings is 2. The van der Waals surface area contributed by atoms with Gasteiger partial charge in [0.2, 0.25) is 5.13 Å². The van der Waals surface area contributed by atoms with Crippen LogP contribution in [0.15, 0.2) is 41.4 Å². The minimum Gasteiger partial charge on any atom is -0.497 e. The fraction of sp³-hybridized carbons (Fsp3) is 0.111. The zero-order valence-corrected chi connectivity index (χ0v) is 15.0. The monoisotopic (exact) mass is 374 g/mol. The molecule has 0 spiro atoms. The molecule has 0 bridgehead atoms. The average molecular weight is 375 g/mol. The van der Waals surface area contributed by atoms with Gasteiger partial charge in [0.15, 0.2) is 0 Å². The van der Waals surface area contributed by atoms with Gasteiger partial charge in [0.25, 0.3) is 0 Å². The molecular weight excluding hydrogens is 363 g/mol. The van der Waals surface area contributed by atoms with Crippen LogP contribution < -0.4 is 4.74 Å². The van der Waals surface area contributed by atoms with Crippen LogP contribution in [-0.2, 0) is 6.42 Å². The lowest BCUT2D eigenvalue weighted by Crippen LogP contribution is -1.86. The topological polar surface area (TPSA) is 34.5 Å². The average Bonchev–Trinajstić information content (AvgIpc) is 3.10. The third kappa shape index (κ3) is 2.81. The van der Waals surface area contributed by atoms with Crippen LogP contribution in [0.25, 0.3) is 11.3 Å². The van der Waals surface area contributed by atoms with E-state index >= 15 is 0 Å². The molecule has 120 valence electrons. The molecule has 0 radical (unpaired) electrons. The number of aromatic nitrogens is 1. The van der Waals surface area contributed by atoms with Crippen molar-refractivity contribution in [1.29, 1.82) is 0 Å². The van der Waals surface area contributed by atoms with E-state index < -0.39 is 0 Å². The number of ether oxygens (including phenoxy) is 1. The van der Waals surface area contributed by atoms with E-state index in [1.165, 1.54) is 10.4 Å². The number of fused-ring (bicyclic) bond motifs is 3. The Morgan fingerprint density at radius 2 is 2.08 bits per heavy atom. The van der Waals surface area contributed by atoms with Crippen molar-refractivity contribution in [3.8, 4) is 17.0 Å². The highest BCUT2D eigenvalue weighted by Gasteiger charge is 2.23. The Kier molecular flexibility index (Phi) is 4.04. The third-order valence-corrected chi connectivity index (χ3v) is 5.41. The maximum atomic E-state index is 6.16. The summed E-state index contributed by atoms with van der Waals surface area (Å²) in [6.45, 7) is 0. The smallest absolute Gasteiger partial charge is 0.209 e. The number of thiazole rings is 1. The van der Waals surface area contributed by atoms with Gasteiger partial charge in [-0.25, -0.2) is 9.98 Å². The summed E-state index contributed by atoms with van der Waals surface area (Å²) in [5.41, 5.74) is 4.25. The summed E-state index contributed by atoms with van der Waals surface area (Å²) in [6, 6.07) is 11.4. The summed E-state index contributed by atoms with van der Waals surface area (Å²) < 4.78 is 5.28. The van der Waals surface area contributed by atoms with Gasteiger partial charge in [-0.15, -0.1) is 0 Å². The highest BCUT2D eigenvalue weighted by atomic mass is 35.5. The van der Waals surface area contributed by atoms with E-state index in [-0.39, 0.29) is 0 Å². The molecule has 0 aliphatic heterocycles. The van der Waals surface area contributed by atoms with Crippen LogP contribution in [0, 0.1) is 0 Å². The van der Waals surface area contributed by atoms with Gasteiger partial charge in [0, 0.05) is 33.7 Å². The number of methoxy groups -OCH3 is 1. The summed E-state index contributed by atoms with van der Waals surface area (Å²) in [4.78, 5) is 10.4. The first kappa shape index (κ1) is 15.6. The van der Waals surface area contributed by atoms with Crippen molar-refractivity contribution in [2.24, 2.45) is 4.99 Å². The molecule has 2 aromatic carbocycles. The molecule has 0 saturated carbocycles. The number of aliphatic imine (C=N–C) groups is 1. The molecule has 4 rings (SSSR count). The van der Waals surface area contributed by atoms with Crippen molar-refractivity contribution in [3.63, 3.8) is 0 Å². The van der Waals surface area contributed by atoms with Crippen LogP contribution in [-0.4, -0.2) is 18.3 Å². The number of halogens is 2. The Morgan fingerprint density at radius 1 is 1.21 bits per heavy atom. The second-order valence-corrected chi connectivity index (χ2v) is 7.30. The van der Waals surface area contributed by atoms with E-state index in [4.69, 9.17) is 27.9 Å². The first-order valence-corrected chi connectivity index (χ1v) is 8.87. The molecule has 0 amide bonds. The Balaban J connectivity index is 1.63. The van der Waals surface area contributed by atoms with Crippen molar-refractivity contribution in [2.75, 3.05) is 7.11 Å². The van der Waals surface area contributed by atoms with Crippen LogP contribution >= 0.6 is 34.5 Å². The van der Waals surface area contributed by atoms with Crippen molar-refractivity contribution in [3.05, 3.63) is 62.4 Å². The van der Waals surface area contributed by atoms with Gasteiger partial charge < -0.3 is 4.74 Å². The maximum absolute atomic E-state index is 6.16. The highest BCUT2D eigenvalue weighted by molar-refractivity contribution is 7.15. The Labute approximate surface area is 153 Å². The highest BCUT2D eigenvalue weighted by Crippen LogP contribution is 2.42. The van der Waals surface area contributed by atoms with Crippen LogP contribution in [0.2, 0.25) is 10.0 Å². The van der Waals surface area contributed by atoms with Gasteiger partial charge in [0.05, 0.1) is 17.8 Å². The molecule has 6 heteroatoms. The normalized spacial score (nSPS) is 12.5. The third-order valence-electron chi connectivity index (χ3n) is 3.88. The zero-order chi connectivity index (χ0) is 16.7. The number of hydrogen-bond donors (Lipinski definition) is 0. The summed E-state index contributed by atoms with van der Waals surface area (Å²) in [6.07, 6.45) is 2.60. The molecule has 1 aromatic heterocycles. The van der Waals surface area contributed by atoms with Gasteiger partial charge in [-0.05, 0) is 35.9 Å². The molecule has 0 unspecified atom stereocenters. The summed E-state index contributed by atoms with van der Waals surface area (Å²) in [7, 11) is 1.68. The fourth-order valence-corrected chi connectivity index (χ4v) is 4.10. The van der Waals surface area contributed by atoms with Crippen molar-refractivity contribution in [2.45, 2.75) is 6.42 Å². The lowest BCUT2D eigenvalue weighted by Gasteiger charge is -2.03. The Hall–Kier alpha value is -1.88. The van der Waals surface area contributed by atoms with Gasteiger partial charge in [-0.2, -0.15) is 0 Å². The van der Waals surface area contributed by atoms with Crippen LogP contribution in [0.3, 0.4) is 0 Å². The van der Waals surface area contributed by atoms with Gasteiger partial charge in [0.1, 0.15) is 5.75 Å². The zero-order valence-electron chi connectivity index (χ0n) is 12.7. The van der Waals surface area contributed by atoms with E-state index in [2.05, 4.69) is 22.1 Å². The van der Waals surface area contributed by atoms with E-state index in [0.717, 1.165) is 34.1 Å². The molecule has 0 N–H and O–H groups in total. The van der Waals surface area contributed by atoms with Crippen molar-refractivity contribution in [1.82, 2.24) is 4.98 Å². The molecule has 0 saturated heterocycles. The van der Waals surface area contributed by atoms with E-state index in [1.807, 2.05) is 12.1 Å². The quantitative estimate of drug-likeness (QED) is 0.426. The fourth-order valence-electron chi connectivity index (χ4n) is 2.70. The minimum atomic E-state index is 0.577. The molecule has 3 nitrogen and oxygen atoms in total. The molecule has 24 heavy (non-hydrogen) atoms. The van der Waals surface area contributed by atoms with Gasteiger partial charge in [-0.1, -0.05) is 40.6 Å². The van der Waals surface area contributed by atoms with Gasteiger partial charge in [-0.3, -0.25) is 0 Å². The molecular formula is C18H12Cl2N2OS. The summed E-state index contributed by atoms with van der Waals surface area (Å²) in [5, 5.41) is 1.91.